The Hall–Kier alpha value is -3.99. The van der Waals surface area contributed by atoms with Gasteiger partial charge in [-0.1, -0.05) is 25.3 Å². The summed E-state index contributed by atoms with van der Waals surface area (Å²) in [6, 6.07) is 7.55. The summed E-state index contributed by atoms with van der Waals surface area (Å²) in [5, 5.41) is 9.25. The van der Waals surface area contributed by atoms with Crippen LogP contribution in [-0.2, 0) is 0 Å². The van der Waals surface area contributed by atoms with Gasteiger partial charge in [-0.3, -0.25) is 4.79 Å². The minimum atomic E-state index is -0.418. The van der Waals surface area contributed by atoms with Crippen molar-refractivity contribution in [2.45, 2.75) is 32.1 Å². The van der Waals surface area contributed by atoms with E-state index in [0.717, 1.165) is 6.54 Å². The third-order valence-electron chi connectivity index (χ3n) is 5.59. The van der Waals surface area contributed by atoms with Gasteiger partial charge in [-0.25, -0.2) is 19.3 Å². The molecule has 0 spiro atoms. The molecule has 4 rings (SSSR count). The number of benzene rings is 1. The number of carbonyl (C=O) groups excluding carboxylic acids is 1. The molecule has 0 saturated heterocycles. The standard InChI is InChI=1S/C25H25FN6O/c1-2-19-14-29-24(16-27-19)32-23-12-22(28-13-17-7-4-3-5-8-17)21(15-30-23)25(33)31-20-10-6-9-18(26)11-20/h1,6,9-12,14-17H,3-5,7-8,13H2,(H,31,33)(H2,28,29,30,32). The minimum absolute atomic E-state index is 0.370. The molecule has 2 aromatic heterocycles. The first-order chi connectivity index (χ1) is 16.1. The van der Waals surface area contributed by atoms with Crippen LogP contribution >= 0.6 is 0 Å². The highest BCUT2D eigenvalue weighted by Gasteiger charge is 2.17. The smallest absolute Gasteiger partial charge is 0.259 e. The average molecular weight is 445 g/mol. The first-order valence-electron chi connectivity index (χ1n) is 11.0. The molecule has 0 aliphatic heterocycles. The first-order valence-corrected chi connectivity index (χ1v) is 11.0. The van der Waals surface area contributed by atoms with Gasteiger partial charge in [0.1, 0.15) is 23.1 Å². The lowest BCUT2D eigenvalue weighted by Crippen LogP contribution is -2.20. The van der Waals surface area contributed by atoms with E-state index in [4.69, 9.17) is 6.42 Å². The molecular weight excluding hydrogens is 419 g/mol. The Morgan fingerprint density at radius 3 is 2.61 bits per heavy atom. The summed E-state index contributed by atoms with van der Waals surface area (Å²) in [7, 11) is 0. The van der Waals surface area contributed by atoms with Crippen molar-refractivity contribution < 1.29 is 9.18 Å². The van der Waals surface area contributed by atoms with Crippen molar-refractivity contribution in [1.29, 1.82) is 0 Å². The van der Waals surface area contributed by atoms with Gasteiger partial charge >= 0.3 is 0 Å². The highest BCUT2D eigenvalue weighted by molar-refractivity contribution is 6.08. The fraction of sp³-hybridized carbons (Fsp3) is 0.280. The number of aromatic nitrogens is 3. The van der Waals surface area contributed by atoms with E-state index in [0.29, 0.717) is 40.2 Å². The van der Waals surface area contributed by atoms with Crippen LogP contribution in [0.3, 0.4) is 0 Å². The fourth-order valence-electron chi connectivity index (χ4n) is 3.86. The number of hydrogen-bond acceptors (Lipinski definition) is 6. The van der Waals surface area contributed by atoms with Crippen LogP contribution in [0, 0.1) is 24.1 Å². The van der Waals surface area contributed by atoms with Crippen LogP contribution in [0.5, 0.6) is 0 Å². The van der Waals surface area contributed by atoms with Gasteiger partial charge in [0.2, 0.25) is 0 Å². The number of halogens is 1. The summed E-state index contributed by atoms with van der Waals surface area (Å²) < 4.78 is 13.5. The van der Waals surface area contributed by atoms with E-state index in [-0.39, 0.29) is 5.91 Å². The number of hydrogen-bond donors (Lipinski definition) is 3. The molecule has 8 heteroatoms. The number of nitrogens with one attached hydrogen (secondary N) is 3. The second-order valence-electron chi connectivity index (χ2n) is 8.02. The highest BCUT2D eigenvalue weighted by Crippen LogP contribution is 2.26. The highest BCUT2D eigenvalue weighted by atomic mass is 19.1. The van der Waals surface area contributed by atoms with Crippen LogP contribution in [0.1, 0.15) is 48.2 Å². The predicted octanol–water partition coefficient (Wildman–Crippen LogP) is 4.98. The first kappa shape index (κ1) is 22.2. The van der Waals surface area contributed by atoms with E-state index in [1.54, 1.807) is 18.2 Å². The van der Waals surface area contributed by atoms with E-state index in [2.05, 4.69) is 36.8 Å². The normalized spacial score (nSPS) is 13.7. The third kappa shape index (κ3) is 6.04. The molecule has 33 heavy (non-hydrogen) atoms. The number of anilines is 4. The Morgan fingerprint density at radius 1 is 1.06 bits per heavy atom. The topological polar surface area (TPSA) is 91.8 Å². The maximum absolute atomic E-state index is 13.5. The molecule has 3 N–H and O–H groups in total. The van der Waals surface area contributed by atoms with Crippen LogP contribution in [0.25, 0.3) is 0 Å². The van der Waals surface area contributed by atoms with Gasteiger partial charge in [0.05, 0.1) is 23.6 Å². The van der Waals surface area contributed by atoms with Crippen molar-refractivity contribution in [3.8, 4) is 12.3 Å². The molecule has 0 unspecified atom stereocenters. The van der Waals surface area contributed by atoms with Crippen molar-refractivity contribution in [3.63, 3.8) is 0 Å². The monoisotopic (exact) mass is 444 g/mol. The number of amides is 1. The Morgan fingerprint density at radius 2 is 1.88 bits per heavy atom. The predicted molar refractivity (Wildman–Crippen MR) is 127 cm³/mol. The van der Waals surface area contributed by atoms with E-state index in [1.807, 2.05) is 0 Å². The molecule has 3 aromatic rings. The molecule has 0 atom stereocenters. The Kier molecular flexibility index (Phi) is 7.10. The molecule has 1 aromatic carbocycles. The number of rotatable bonds is 7. The van der Waals surface area contributed by atoms with Gasteiger partial charge in [0.15, 0.2) is 0 Å². The van der Waals surface area contributed by atoms with E-state index < -0.39 is 5.82 Å². The van der Waals surface area contributed by atoms with Crippen LogP contribution in [0.15, 0.2) is 48.9 Å². The van der Waals surface area contributed by atoms with Crippen LogP contribution in [0.4, 0.5) is 27.4 Å². The van der Waals surface area contributed by atoms with Crippen molar-refractivity contribution in [2.24, 2.45) is 5.92 Å². The fourth-order valence-corrected chi connectivity index (χ4v) is 3.86. The largest absolute Gasteiger partial charge is 0.384 e. The zero-order valence-corrected chi connectivity index (χ0v) is 18.1. The molecule has 1 saturated carbocycles. The van der Waals surface area contributed by atoms with Crippen molar-refractivity contribution in [3.05, 3.63) is 66.0 Å². The molecule has 0 bridgehead atoms. The van der Waals surface area contributed by atoms with Gasteiger partial charge in [-0.05, 0) is 42.9 Å². The summed E-state index contributed by atoms with van der Waals surface area (Å²) in [4.78, 5) is 25.7. The number of pyridine rings is 1. The van der Waals surface area contributed by atoms with Crippen molar-refractivity contribution in [1.82, 2.24) is 15.0 Å². The van der Waals surface area contributed by atoms with Crippen molar-refractivity contribution >= 4 is 28.9 Å². The maximum atomic E-state index is 13.5. The third-order valence-corrected chi connectivity index (χ3v) is 5.59. The number of nitrogens with zero attached hydrogens (tertiary/aromatic N) is 3. The van der Waals surface area contributed by atoms with E-state index >= 15 is 0 Å². The van der Waals surface area contributed by atoms with Gasteiger partial charge in [-0.15, -0.1) is 6.42 Å². The lowest BCUT2D eigenvalue weighted by Gasteiger charge is -2.23. The molecule has 1 amide bonds. The van der Waals surface area contributed by atoms with E-state index in [9.17, 15) is 9.18 Å². The Bertz CT molecular complexity index is 1150. The Labute approximate surface area is 192 Å². The molecule has 7 nitrogen and oxygen atoms in total. The maximum Gasteiger partial charge on any atom is 0.259 e. The van der Waals surface area contributed by atoms with Gasteiger partial charge in [-0.2, -0.15) is 0 Å². The molecule has 0 radical (unpaired) electrons. The van der Waals surface area contributed by atoms with Gasteiger partial charge in [0, 0.05) is 24.5 Å². The molecule has 2 heterocycles. The Balaban J connectivity index is 1.55. The minimum Gasteiger partial charge on any atom is -0.384 e. The quantitative estimate of drug-likeness (QED) is 0.445. The average Bonchev–Trinajstić information content (AvgIpc) is 2.84. The van der Waals surface area contributed by atoms with Gasteiger partial charge in [0.25, 0.3) is 5.91 Å². The molecule has 168 valence electrons. The van der Waals surface area contributed by atoms with Crippen molar-refractivity contribution in [2.75, 3.05) is 22.5 Å². The molecule has 1 aliphatic carbocycles. The second-order valence-corrected chi connectivity index (χ2v) is 8.02. The molecule has 1 aliphatic rings. The van der Waals surface area contributed by atoms with E-state index in [1.165, 1.54) is 62.8 Å². The summed E-state index contributed by atoms with van der Waals surface area (Å²) in [6.45, 7) is 0.764. The lowest BCUT2D eigenvalue weighted by molar-refractivity contribution is 0.102. The number of carbonyl (C=O) groups is 1. The second kappa shape index (κ2) is 10.6. The zero-order valence-electron chi connectivity index (χ0n) is 18.1. The van der Waals surface area contributed by atoms with Crippen LogP contribution in [0.2, 0.25) is 0 Å². The zero-order chi connectivity index (χ0) is 23.0. The summed E-state index contributed by atoms with van der Waals surface area (Å²) in [6.07, 6.45) is 15.9. The molecular formula is C25H25FN6O. The summed E-state index contributed by atoms with van der Waals surface area (Å²) in [5.74, 6) is 3.18. The lowest BCUT2D eigenvalue weighted by atomic mass is 9.89. The van der Waals surface area contributed by atoms with Gasteiger partial charge < -0.3 is 16.0 Å². The number of terminal acetylenes is 1. The van der Waals surface area contributed by atoms with Crippen LogP contribution in [-0.4, -0.2) is 27.4 Å². The van der Waals surface area contributed by atoms with Crippen LogP contribution < -0.4 is 16.0 Å². The summed E-state index contributed by atoms with van der Waals surface area (Å²) >= 11 is 0. The summed E-state index contributed by atoms with van der Waals surface area (Å²) in [5.41, 5.74) is 1.83. The molecule has 1 fully saturated rings. The SMILES string of the molecule is C#Cc1cnc(Nc2cc(NCC3CCCCC3)c(C(=O)Nc3cccc(F)c3)cn2)cn1.